The highest BCUT2D eigenvalue weighted by atomic mass is 79.9. The second-order valence-electron chi connectivity index (χ2n) is 5.78. The van der Waals surface area contributed by atoms with Crippen LogP contribution in [0.25, 0.3) is 10.1 Å². The number of nitrogens with zero attached hydrogens (tertiary/aromatic N) is 1. The van der Waals surface area contributed by atoms with Gasteiger partial charge in [0.15, 0.2) is 0 Å². The lowest BCUT2D eigenvalue weighted by Gasteiger charge is -2.31. The molecule has 0 radical (unpaired) electrons. The Hall–Kier alpha value is -1.16. The molecular formula is C18H16BrNS. The maximum Gasteiger partial charge on any atom is 0.0346 e. The summed E-state index contributed by atoms with van der Waals surface area (Å²) in [6.07, 6.45) is 0. The smallest absolute Gasteiger partial charge is 0.0346 e. The van der Waals surface area contributed by atoms with Crippen LogP contribution in [0.5, 0.6) is 0 Å². The Labute approximate surface area is 137 Å². The van der Waals surface area contributed by atoms with Crippen LogP contribution in [-0.2, 0) is 6.54 Å². The molecular weight excluding hydrogens is 342 g/mol. The number of thiophene rings is 1. The zero-order valence-corrected chi connectivity index (χ0v) is 14.2. The van der Waals surface area contributed by atoms with Crippen LogP contribution in [-0.4, -0.2) is 18.5 Å². The van der Waals surface area contributed by atoms with Crippen molar-refractivity contribution in [1.29, 1.82) is 0 Å². The summed E-state index contributed by atoms with van der Waals surface area (Å²) in [5, 5.41) is 1.34. The lowest BCUT2D eigenvalue weighted by atomic mass is 9.89. The lowest BCUT2D eigenvalue weighted by molar-refractivity contribution is 0.296. The standard InChI is InChI=1S/C18H16BrNS/c1-20-10-12-4-2-3-5-15(12)16(11-20)18-9-13-8-14(19)6-7-17(13)21-18/h2-9,16H,10-11H2,1H3. The molecule has 106 valence electrons. The fraction of sp³-hybridized carbons (Fsp3) is 0.222. The summed E-state index contributed by atoms with van der Waals surface area (Å²) in [7, 11) is 2.22. The Kier molecular flexibility index (Phi) is 3.37. The van der Waals surface area contributed by atoms with E-state index in [4.69, 9.17) is 0 Å². The minimum Gasteiger partial charge on any atom is -0.301 e. The number of likely N-dealkylation sites (N-methyl/N-ethyl adjacent to an activating group) is 1. The first kappa shape index (κ1) is 13.5. The number of halogens is 1. The monoisotopic (exact) mass is 357 g/mol. The molecule has 0 bridgehead atoms. The van der Waals surface area contributed by atoms with Crippen molar-refractivity contribution >= 4 is 37.4 Å². The van der Waals surface area contributed by atoms with E-state index >= 15 is 0 Å². The van der Waals surface area contributed by atoms with Crippen LogP contribution in [0.15, 0.2) is 53.0 Å². The van der Waals surface area contributed by atoms with E-state index in [1.165, 1.54) is 26.1 Å². The summed E-state index contributed by atoms with van der Waals surface area (Å²) in [6.45, 7) is 2.16. The van der Waals surface area contributed by atoms with E-state index in [1.807, 2.05) is 11.3 Å². The van der Waals surface area contributed by atoms with Gasteiger partial charge in [-0.3, -0.25) is 0 Å². The number of benzene rings is 2. The zero-order valence-electron chi connectivity index (χ0n) is 11.8. The summed E-state index contributed by atoms with van der Waals surface area (Å²) in [5.41, 5.74) is 2.97. The molecule has 1 nitrogen and oxygen atoms in total. The summed E-state index contributed by atoms with van der Waals surface area (Å²) in [6, 6.07) is 17.8. The molecule has 0 aliphatic carbocycles. The van der Waals surface area contributed by atoms with Gasteiger partial charge in [-0.25, -0.2) is 0 Å². The van der Waals surface area contributed by atoms with E-state index in [9.17, 15) is 0 Å². The van der Waals surface area contributed by atoms with Crippen LogP contribution in [0.4, 0.5) is 0 Å². The van der Waals surface area contributed by atoms with E-state index in [0.717, 1.165) is 17.6 Å². The van der Waals surface area contributed by atoms with Gasteiger partial charge >= 0.3 is 0 Å². The first-order chi connectivity index (χ1) is 10.2. The number of rotatable bonds is 1. The zero-order chi connectivity index (χ0) is 14.4. The van der Waals surface area contributed by atoms with E-state index < -0.39 is 0 Å². The molecule has 0 spiro atoms. The van der Waals surface area contributed by atoms with Gasteiger partial charge < -0.3 is 4.90 Å². The largest absolute Gasteiger partial charge is 0.301 e. The molecule has 21 heavy (non-hydrogen) atoms. The molecule has 0 fully saturated rings. The fourth-order valence-corrected chi connectivity index (χ4v) is 4.77. The molecule has 0 N–H and O–H groups in total. The molecule has 4 rings (SSSR count). The summed E-state index contributed by atoms with van der Waals surface area (Å²) in [4.78, 5) is 3.90. The van der Waals surface area contributed by atoms with Gasteiger partial charge in [0.05, 0.1) is 0 Å². The Balaban J connectivity index is 1.84. The first-order valence-electron chi connectivity index (χ1n) is 7.16. The molecule has 3 heteroatoms. The average Bonchev–Trinajstić information content (AvgIpc) is 2.89. The number of hydrogen-bond donors (Lipinski definition) is 0. The highest BCUT2D eigenvalue weighted by Gasteiger charge is 2.25. The van der Waals surface area contributed by atoms with Crippen LogP contribution in [0.1, 0.15) is 21.9 Å². The van der Waals surface area contributed by atoms with Gasteiger partial charge in [-0.05, 0) is 47.8 Å². The van der Waals surface area contributed by atoms with Gasteiger partial charge in [0, 0.05) is 33.1 Å². The fourth-order valence-electron chi connectivity index (χ4n) is 3.23. The SMILES string of the molecule is CN1Cc2ccccc2C(c2cc3cc(Br)ccc3s2)C1. The topological polar surface area (TPSA) is 3.24 Å². The van der Waals surface area contributed by atoms with Gasteiger partial charge in [0.2, 0.25) is 0 Å². The van der Waals surface area contributed by atoms with Crippen molar-refractivity contribution in [3.05, 3.63) is 69.0 Å². The van der Waals surface area contributed by atoms with E-state index in [0.29, 0.717) is 5.92 Å². The van der Waals surface area contributed by atoms with E-state index in [2.05, 4.69) is 76.4 Å². The Morgan fingerprint density at radius 3 is 2.90 bits per heavy atom. The maximum absolute atomic E-state index is 3.57. The number of hydrogen-bond acceptors (Lipinski definition) is 2. The molecule has 3 aromatic rings. The summed E-state index contributed by atoms with van der Waals surface area (Å²) < 4.78 is 2.53. The quantitative estimate of drug-likeness (QED) is 0.575. The third kappa shape index (κ3) is 2.44. The predicted octanol–water partition coefficient (Wildman–Crippen LogP) is 5.24. The first-order valence-corrected chi connectivity index (χ1v) is 8.77. The molecule has 0 amide bonds. The Bertz CT molecular complexity index is 808. The van der Waals surface area contributed by atoms with Gasteiger partial charge in [0.25, 0.3) is 0 Å². The molecule has 2 aromatic carbocycles. The minimum absolute atomic E-state index is 0.496. The third-order valence-electron chi connectivity index (χ3n) is 4.21. The highest BCUT2D eigenvalue weighted by molar-refractivity contribution is 9.10. The predicted molar refractivity (Wildman–Crippen MR) is 94.1 cm³/mol. The van der Waals surface area contributed by atoms with Crippen molar-refractivity contribution in [3.63, 3.8) is 0 Å². The molecule has 1 unspecified atom stereocenters. The molecule has 2 heterocycles. The van der Waals surface area contributed by atoms with E-state index in [-0.39, 0.29) is 0 Å². The van der Waals surface area contributed by atoms with Crippen molar-refractivity contribution < 1.29 is 0 Å². The highest BCUT2D eigenvalue weighted by Crippen LogP contribution is 2.39. The second kappa shape index (κ2) is 5.24. The Morgan fingerprint density at radius 1 is 1.14 bits per heavy atom. The van der Waals surface area contributed by atoms with Crippen LogP contribution >= 0.6 is 27.3 Å². The molecule has 1 atom stereocenters. The van der Waals surface area contributed by atoms with Crippen LogP contribution in [0.2, 0.25) is 0 Å². The normalized spacial score (nSPS) is 18.9. The maximum atomic E-state index is 3.57. The minimum atomic E-state index is 0.496. The molecule has 0 saturated heterocycles. The Morgan fingerprint density at radius 2 is 2.00 bits per heavy atom. The molecule has 0 saturated carbocycles. The van der Waals surface area contributed by atoms with Gasteiger partial charge in [-0.1, -0.05) is 40.2 Å². The van der Waals surface area contributed by atoms with E-state index in [1.54, 1.807) is 0 Å². The van der Waals surface area contributed by atoms with Crippen molar-refractivity contribution in [1.82, 2.24) is 4.90 Å². The summed E-state index contributed by atoms with van der Waals surface area (Å²) >= 11 is 5.50. The van der Waals surface area contributed by atoms with Gasteiger partial charge in [-0.2, -0.15) is 0 Å². The molecule has 1 aromatic heterocycles. The average molecular weight is 358 g/mol. The molecule has 1 aliphatic rings. The number of fused-ring (bicyclic) bond motifs is 2. The second-order valence-corrected chi connectivity index (χ2v) is 7.81. The summed E-state index contributed by atoms with van der Waals surface area (Å²) in [5.74, 6) is 0.496. The van der Waals surface area contributed by atoms with Crippen molar-refractivity contribution in [2.45, 2.75) is 12.5 Å². The van der Waals surface area contributed by atoms with Crippen molar-refractivity contribution in [2.24, 2.45) is 0 Å². The van der Waals surface area contributed by atoms with Crippen molar-refractivity contribution in [2.75, 3.05) is 13.6 Å². The van der Waals surface area contributed by atoms with Crippen LogP contribution in [0, 0.1) is 0 Å². The van der Waals surface area contributed by atoms with Gasteiger partial charge in [-0.15, -0.1) is 11.3 Å². The van der Waals surface area contributed by atoms with Crippen molar-refractivity contribution in [3.8, 4) is 0 Å². The van der Waals surface area contributed by atoms with Gasteiger partial charge in [0.1, 0.15) is 0 Å². The third-order valence-corrected chi connectivity index (χ3v) is 5.93. The molecule has 1 aliphatic heterocycles. The van der Waals surface area contributed by atoms with Crippen LogP contribution in [0.3, 0.4) is 0 Å². The lowest BCUT2D eigenvalue weighted by Crippen LogP contribution is -2.30. The van der Waals surface area contributed by atoms with Crippen LogP contribution < -0.4 is 0 Å².